The molecule has 162 valence electrons. The van der Waals surface area contributed by atoms with Crippen LogP contribution in [0.1, 0.15) is 34.7 Å². The highest BCUT2D eigenvalue weighted by Crippen LogP contribution is 2.33. The van der Waals surface area contributed by atoms with Crippen molar-refractivity contribution in [3.8, 4) is 0 Å². The van der Waals surface area contributed by atoms with Gasteiger partial charge in [-0.2, -0.15) is 16.9 Å². The quantitative estimate of drug-likeness (QED) is 0.586. The summed E-state index contributed by atoms with van der Waals surface area (Å²) >= 11 is 9.01. The number of thiocarbonyl (C=S) groups is 1. The molecule has 2 heterocycles. The largest absolute Gasteiger partial charge is 0.356 e. The van der Waals surface area contributed by atoms with Gasteiger partial charge in [0.1, 0.15) is 4.32 Å². The molecule has 1 saturated heterocycles. The number of benzene rings is 2. The van der Waals surface area contributed by atoms with Gasteiger partial charge in [0.2, 0.25) is 0 Å². The van der Waals surface area contributed by atoms with E-state index in [0.29, 0.717) is 5.75 Å². The molecule has 0 bridgehead atoms. The number of rotatable bonds is 4. The van der Waals surface area contributed by atoms with Crippen molar-refractivity contribution in [2.24, 2.45) is 5.10 Å². The van der Waals surface area contributed by atoms with Gasteiger partial charge in [-0.15, -0.1) is 0 Å². The monoisotopic (exact) mass is 469 g/mol. The molecule has 4 nitrogen and oxygen atoms in total. The van der Waals surface area contributed by atoms with Crippen molar-refractivity contribution in [3.05, 3.63) is 70.8 Å². The minimum atomic E-state index is -0.0779. The first kappa shape index (κ1) is 22.4. The van der Waals surface area contributed by atoms with Crippen LogP contribution in [-0.2, 0) is 4.79 Å². The first-order chi connectivity index (χ1) is 15.0. The Kier molecular flexibility index (Phi) is 7.35. The minimum absolute atomic E-state index is 0.00595. The van der Waals surface area contributed by atoms with E-state index >= 15 is 0 Å². The fourth-order valence-electron chi connectivity index (χ4n) is 3.80. The molecule has 1 amide bonds. The molecule has 0 aromatic heterocycles. The minimum Gasteiger partial charge on any atom is -0.356 e. The van der Waals surface area contributed by atoms with Gasteiger partial charge in [-0.05, 0) is 42.2 Å². The zero-order chi connectivity index (χ0) is 21.8. The van der Waals surface area contributed by atoms with Crippen LogP contribution >= 0.6 is 35.7 Å². The zero-order valence-electron chi connectivity index (χ0n) is 17.9. The second kappa shape index (κ2) is 10.2. The van der Waals surface area contributed by atoms with E-state index < -0.39 is 0 Å². The van der Waals surface area contributed by atoms with Crippen LogP contribution in [0.3, 0.4) is 0 Å². The third-order valence-corrected chi connectivity index (χ3v) is 8.23. The predicted molar refractivity (Wildman–Crippen MR) is 137 cm³/mol. The van der Waals surface area contributed by atoms with Crippen molar-refractivity contribution in [3.63, 3.8) is 0 Å². The summed E-state index contributed by atoms with van der Waals surface area (Å²) in [5.74, 6) is 2.52. The first-order valence-corrected chi connectivity index (χ1v) is 13.1. The number of nitrogens with zero attached hydrogens (tertiary/aromatic N) is 3. The lowest BCUT2D eigenvalue weighted by molar-refractivity contribution is -0.130. The van der Waals surface area contributed by atoms with Gasteiger partial charge in [-0.1, -0.05) is 66.4 Å². The van der Waals surface area contributed by atoms with Gasteiger partial charge in [-0.3, -0.25) is 4.79 Å². The Balaban J connectivity index is 1.52. The van der Waals surface area contributed by atoms with Crippen molar-refractivity contribution in [2.75, 3.05) is 30.3 Å². The summed E-state index contributed by atoms with van der Waals surface area (Å²) < 4.78 is 0.822. The number of hydrogen-bond donors (Lipinski definition) is 0. The molecule has 0 N–H and O–H groups in total. The highest BCUT2D eigenvalue weighted by atomic mass is 32.2. The summed E-state index contributed by atoms with van der Waals surface area (Å²) in [6, 6.07) is 16.5. The van der Waals surface area contributed by atoms with E-state index in [1.165, 1.54) is 22.9 Å². The molecule has 1 fully saturated rings. The maximum absolute atomic E-state index is 13.2. The standard InChI is InChI=1S/C24H27N3OS3/c1-17-8-9-20(14-18(17)2)21-15-22(19-6-4-3-5-7-19)27(25-21)23(28)16-31-24(29)26-10-12-30-13-11-26/h3-9,14,22H,10-13,15-16H2,1-2H3/t22-/m1/s1. The average molecular weight is 470 g/mol. The Morgan fingerprint density at radius 1 is 1.13 bits per heavy atom. The van der Waals surface area contributed by atoms with E-state index in [0.717, 1.165) is 52.2 Å². The van der Waals surface area contributed by atoms with Gasteiger partial charge in [0, 0.05) is 31.0 Å². The van der Waals surface area contributed by atoms with Crippen LogP contribution in [0.2, 0.25) is 0 Å². The number of thioether (sulfide) groups is 2. The predicted octanol–water partition coefficient (Wildman–Crippen LogP) is 5.05. The van der Waals surface area contributed by atoms with E-state index in [2.05, 4.69) is 49.1 Å². The summed E-state index contributed by atoms with van der Waals surface area (Å²) in [4.78, 5) is 15.4. The Labute approximate surface area is 198 Å². The molecule has 0 unspecified atom stereocenters. The summed E-state index contributed by atoms with van der Waals surface area (Å²) in [5, 5.41) is 6.49. The number of carbonyl (C=O) groups excluding carboxylic acids is 1. The molecular weight excluding hydrogens is 442 g/mol. The van der Waals surface area contributed by atoms with Crippen molar-refractivity contribution < 1.29 is 4.79 Å². The van der Waals surface area contributed by atoms with Crippen LogP contribution < -0.4 is 0 Å². The molecular formula is C24H27N3OS3. The molecule has 1 atom stereocenters. The third kappa shape index (κ3) is 5.33. The van der Waals surface area contributed by atoms with Crippen LogP contribution in [0.5, 0.6) is 0 Å². The van der Waals surface area contributed by atoms with Gasteiger partial charge in [0.05, 0.1) is 17.5 Å². The number of amides is 1. The van der Waals surface area contributed by atoms with E-state index in [1.54, 1.807) is 5.01 Å². The smallest absolute Gasteiger partial charge is 0.253 e. The second-order valence-electron chi connectivity index (χ2n) is 7.87. The SMILES string of the molecule is Cc1ccc(C2=NN(C(=O)CSC(=S)N3CCSCC3)[C@@H](c3ccccc3)C2)cc1C. The number of hydrazone groups is 1. The normalized spacial score (nSPS) is 18.8. The first-order valence-electron chi connectivity index (χ1n) is 10.5. The van der Waals surface area contributed by atoms with Crippen LogP contribution in [0, 0.1) is 13.8 Å². The molecule has 0 aliphatic carbocycles. The molecule has 2 aliphatic rings. The van der Waals surface area contributed by atoms with Crippen molar-refractivity contribution in [2.45, 2.75) is 26.3 Å². The fraction of sp³-hybridized carbons (Fsp3) is 0.375. The molecule has 0 spiro atoms. The molecule has 0 saturated carbocycles. The van der Waals surface area contributed by atoms with Crippen LogP contribution in [0.4, 0.5) is 0 Å². The van der Waals surface area contributed by atoms with Gasteiger partial charge < -0.3 is 4.90 Å². The van der Waals surface area contributed by atoms with Gasteiger partial charge in [0.15, 0.2) is 0 Å². The lowest BCUT2D eigenvalue weighted by atomic mass is 9.96. The van der Waals surface area contributed by atoms with E-state index in [-0.39, 0.29) is 11.9 Å². The van der Waals surface area contributed by atoms with Crippen LogP contribution in [-0.4, -0.2) is 56.2 Å². The summed E-state index contributed by atoms with van der Waals surface area (Å²) in [6.07, 6.45) is 0.719. The third-order valence-electron chi connectivity index (χ3n) is 5.78. The highest BCUT2D eigenvalue weighted by molar-refractivity contribution is 8.23. The number of hydrogen-bond acceptors (Lipinski definition) is 5. The number of aryl methyl sites for hydroxylation is 2. The van der Waals surface area contributed by atoms with E-state index in [4.69, 9.17) is 17.3 Å². The Hall–Kier alpha value is -1.83. The number of carbonyl (C=O) groups is 1. The maximum atomic E-state index is 13.2. The van der Waals surface area contributed by atoms with Gasteiger partial charge >= 0.3 is 0 Å². The Morgan fingerprint density at radius 2 is 1.87 bits per heavy atom. The fourth-order valence-corrected chi connectivity index (χ4v) is 5.80. The van der Waals surface area contributed by atoms with Crippen molar-refractivity contribution >= 4 is 51.7 Å². The molecule has 7 heteroatoms. The van der Waals surface area contributed by atoms with Crippen molar-refractivity contribution in [1.29, 1.82) is 0 Å². The molecule has 4 rings (SSSR count). The summed E-state index contributed by atoms with van der Waals surface area (Å²) in [6.45, 7) is 6.16. The van der Waals surface area contributed by atoms with Gasteiger partial charge in [-0.25, -0.2) is 5.01 Å². The average Bonchev–Trinajstić information content (AvgIpc) is 3.26. The zero-order valence-corrected chi connectivity index (χ0v) is 20.4. The molecule has 31 heavy (non-hydrogen) atoms. The molecule has 0 radical (unpaired) electrons. The van der Waals surface area contributed by atoms with Crippen LogP contribution in [0.15, 0.2) is 53.6 Å². The van der Waals surface area contributed by atoms with E-state index in [1.807, 2.05) is 30.0 Å². The summed E-state index contributed by atoms with van der Waals surface area (Å²) in [5.41, 5.74) is 5.66. The lowest BCUT2D eigenvalue weighted by Gasteiger charge is -2.28. The summed E-state index contributed by atoms with van der Waals surface area (Å²) in [7, 11) is 0. The topological polar surface area (TPSA) is 35.9 Å². The Bertz CT molecular complexity index is 987. The lowest BCUT2D eigenvalue weighted by Crippen LogP contribution is -2.36. The Morgan fingerprint density at radius 3 is 2.58 bits per heavy atom. The second-order valence-corrected chi connectivity index (χ2v) is 10.7. The molecule has 2 aliphatic heterocycles. The van der Waals surface area contributed by atoms with Crippen molar-refractivity contribution in [1.82, 2.24) is 9.91 Å². The maximum Gasteiger partial charge on any atom is 0.253 e. The molecule has 2 aromatic rings. The highest BCUT2D eigenvalue weighted by Gasteiger charge is 2.33. The molecule has 2 aromatic carbocycles. The van der Waals surface area contributed by atoms with Crippen LogP contribution in [0.25, 0.3) is 0 Å². The van der Waals surface area contributed by atoms with E-state index in [9.17, 15) is 4.79 Å². The van der Waals surface area contributed by atoms with Gasteiger partial charge in [0.25, 0.3) is 5.91 Å².